The summed E-state index contributed by atoms with van der Waals surface area (Å²) in [6.07, 6.45) is 0. The first-order chi connectivity index (χ1) is 9.49. The molecule has 0 atom stereocenters. The highest BCUT2D eigenvalue weighted by atomic mass is 79.9. The van der Waals surface area contributed by atoms with E-state index in [1.165, 1.54) is 0 Å². The van der Waals surface area contributed by atoms with Crippen molar-refractivity contribution < 1.29 is 0 Å². The third-order valence-electron chi connectivity index (χ3n) is 2.42. The highest BCUT2D eigenvalue weighted by Crippen LogP contribution is 2.28. The summed E-state index contributed by atoms with van der Waals surface area (Å²) in [5, 5.41) is 6.70. The number of nitrogens with one attached hydrogen (secondary N) is 2. The van der Waals surface area contributed by atoms with E-state index in [2.05, 4.69) is 41.5 Å². The van der Waals surface area contributed by atoms with Crippen LogP contribution in [0.3, 0.4) is 0 Å². The van der Waals surface area contributed by atoms with Crippen LogP contribution in [0.1, 0.15) is 0 Å². The van der Waals surface area contributed by atoms with E-state index in [9.17, 15) is 0 Å². The number of nitrogens with zero attached hydrogens (tertiary/aromatic N) is 4. The van der Waals surface area contributed by atoms with E-state index in [1.807, 2.05) is 25.1 Å². The van der Waals surface area contributed by atoms with Gasteiger partial charge in [0, 0.05) is 30.6 Å². The van der Waals surface area contributed by atoms with Crippen molar-refractivity contribution in [3.05, 3.63) is 27.7 Å². The zero-order valence-corrected chi connectivity index (χ0v) is 13.6. The second kappa shape index (κ2) is 6.23. The van der Waals surface area contributed by atoms with Gasteiger partial charge in [-0.2, -0.15) is 15.0 Å². The summed E-state index contributed by atoms with van der Waals surface area (Å²) < 4.78 is 0.836. The van der Waals surface area contributed by atoms with Crippen LogP contribution in [0.5, 0.6) is 0 Å². The van der Waals surface area contributed by atoms with Gasteiger partial charge in [-0.1, -0.05) is 11.6 Å². The first-order valence-electron chi connectivity index (χ1n) is 5.83. The molecule has 2 rings (SSSR count). The molecule has 0 bridgehead atoms. The molecule has 0 unspecified atom stereocenters. The number of hydrogen-bond acceptors (Lipinski definition) is 6. The maximum Gasteiger partial charge on any atom is 0.233 e. The van der Waals surface area contributed by atoms with Crippen LogP contribution in [0.2, 0.25) is 5.02 Å². The molecular formula is C12H14BrClN6. The molecular weight excluding hydrogens is 344 g/mol. The molecule has 0 saturated heterocycles. The van der Waals surface area contributed by atoms with Gasteiger partial charge in [0.05, 0.1) is 5.69 Å². The minimum Gasteiger partial charge on any atom is -0.357 e. The molecule has 106 valence electrons. The Balaban J connectivity index is 2.34. The maximum atomic E-state index is 5.92. The molecule has 2 N–H and O–H groups in total. The van der Waals surface area contributed by atoms with Crippen LogP contribution >= 0.6 is 27.5 Å². The topological polar surface area (TPSA) is 66.0 Å². The van der Waals surface area contributed by atoms with E-state index in [-0.39, 0.29) is 0 Å². The molecule has 1 aromatic heterocycles. The van der Waals surface area contributed by atoms with E-state index >= 15 is 0 Å². The van der Waals surface area contributed by atoms with Crippen molar-refractivity contribution in [1.82, 2.24) is 15.0 Å². The molecule has 1 heterocycles. The van der Waals surface area contributed by atoms with Crippen LogP contribution in [0.4, 0.5) is 23.5 Å². The van der Waals surface area contributed by atoms with Crippen molar-refractivity contribution in [2.75, 3.05) is 36.7 Å². The van der Waals surface area contributed by atoms with Crippen molar-refractivity contribution in [3.63, 3.8) is 0 Å². The Hall–Kier alpha value is -1.60. The molecule has 0 aliphatic rings. The predicted molar refractivity (Wildman–Crippen MR) is 86.1 cm³/mol. The summed E-state index contributed by atoms with van der Waals surface area (Å²) in [6, 6.07) is 5.45. The van der Waals surface area contributed by atoms with Crippen LogP contribution in [-0.4, -0.2) is 36.1 Å². The summed E-state index contributed by atoms with van der Waals surface area (Å²) in [6.45, 7) is 0. The van der Waals surface area contributed by atoms with E-state index in [0.29, 0.717) is 22.9 Å². The summed E-state index contributed by atoms with van der Waals surface area (Å²) in [5.41, 5.74) is 0.826. The molecule has 0 saturated carbocycles. The molecule has 0 aliphatic carbocycles. The molecule has 2 aromatic rings. The smallest absolute Gasteiger partial charge is 0.233 e. The lowest BCUT2D eigenvalue weighted by Crippen LogP contribution is -2.15. The lowest BCUT2D eigenvalue weighted by Gasteiger charge is -2.13. The Morgan fingerprint density at radius 2 is 1.85 bits per heavy atom. The molecule has 20 heavy (non-hydrogen) atoms. The summed E-state index contributed by atoms with van der Waals surface area (Å²) in [4.78, 5) is 14.7. The first-order valence-corrected chi connectivity index (χ1v) is 7.00. The van der Waals surface area contributed by atoms with Crippen molar-refractivity contribution >= 4 is 51.1 Å². The monoisotopic (exact) mass is 356 g/mol. The van der Waals surface area contributed by atoms with Crippen LogP contribution in [0, 0.1) is 0 Å². The average molecular weight is 358 g/mol. The van der Waals surface area contributed by atoms with Gasteiger partial charge in [-0.25, -0.2) is 0 Å². The van der Waals surface area contributed by atoms with Crippen LogP contribution < -0.4 is 15.5 Å². The number of aromatic nitrogens is 3. The molecule has 8 heteroatoms. The Labute approximate surface area is 130 Å². The Morgan fingerprint density at radius 1 is 1.15 bits per heavy atom. The van der Waals surface area contributed by atoms with Crippen LogP contribution in [-0.2, 0) is 0 Å². The Kier molecular flexibility index (Phi) is 4.61. The van der Waals surface area contributed by atoms with Crippen molar-refractivity contribution in [2.45, 2.75) is 0 Å². The average Bonchev–Trinajstić information content (AvgIpc) is 2.41. The third kappa shape index (κ3) is 3.49. The molecule has 6 nitrogen and oxygen atoms in total. The second-order valence-electron chi connectivity index (χ2n) is 4.18. The van der Waals surface area contributed by atoms with Gasteiger partial charge in [-0.05, 0) is 34.1 Å². The van der Waals surface area contributed by atoms with Gasteiger partial charge >= 0.3 is 0 Å². The number of halogens is 2. The zero-order valence-electron chi connectivity index (χ0n) is 11.3. The quantitative estimate of drug-likeness (QED) is 0.876. The minimum absolute atomic E-state index is 0.455. The first kappa shape index (κ1) is 14.8. The number of benzene rings is 1. The molecule has 0 radical (unpaired) electrons. The Morgan fingerprint density at radius 3 is 2.45 bits per heavy atom. The molecule has 0 aliphatic heterocycles. The Bertz CT molecular complexity index is 619. The number of anilines is 4. The highest BCUT2D eigenvalue weighted by Gasteiger charge is 2.09. The van der Waals surface area contributed by atoms with E-state index < -0.39 is 0 Å². The zero-order chi connectivity index (χ0) is 14.7. The van der Waals surface area contributed by atoms with Crippen molar-refractivity contribution in [3.8, 4) is 0 Å². The summed E-state index contributed by atoms with van der Waals surface area (Å²) in [5.74, 6) is 1.52. The highest BCUT2D eigenvalue weighted by molar-refractivity contribution is 9.10. The molecule has 1 aromatic carbocycles. The van der Waals surface area contributed by atoms with Gasteiger partial charge in [0.1, 0.15) is 0 Å². The van der Waals surface area contributed by atoms with Gasteiger partial charge in [-0.15, -0.1) is 0 Å². The van der Waals surface area contributed by atoms with E-state index in [1.54, 1.807) is 19.2 Å². The van der Waals surface area contributed by atoms with Gasteiger partial charge in [0.2, 0.25) is 17.8 Å². The van der Waals surface area contributed by atoms with E-state index in [0.717, 1.165) is 10.2 Å². The predicted octanol–water partition coefficient (Wildman–Crippen LogP) is 3.14. The molecule has 0 fully saturated rings. The SMILES string of the molecule is CNc1nc(Nc2ccc(Cl)cc2Br)nc(N(C)C)n1. The third-order valence-corrected chi connectivity index (χ3v) is 3.32. The fourth-order valence-electron chi connectivity index (χ4n) is 1.44. The van der Waals surface area contributed by atoms with Crippen molar-refractivity contribution in [2.24, 2.45) is 0 Å². The van der Waals surface area contributed by atoms with Crippen LogP contribution in [0.15, 0.2) is 22.7 Å². The standard InChI is InChI=1S/C12H14BrClN6/c1-15-10-17-11(19-12(18-10)20(2)3)16-9-5-4-7(14)6-8(9)13/h4-6H,1-3H3,(H2,15,16,17,18,19). The number of rotatable bonds is 4. The summed E-state index contributed by atoms with van der Waals surface area (Å²) >= 11 is 9.36. The summed E-state index contributed by atoms with van der Waals surface area (Å²) in [7, 11) is 5.50. The minimum atomic E-state index is 0.455. The van der Waals surface area contributed by atoms with E-state index in [4.69, 9.17) is 11.6 Å². The fraction of sp³-hybridized carbons (Fsp3) is 0.250. The maximum absolute atomic E-state index is 5.92. The molecule has 0 amide bonds. The van der Waals surface area contributed by atoms with Gasteiger partial charge < -0.3 is 15.5 Å². The lowest BCUT2D eigenvalue weighted by molar-refractivity contribution is 0.963. The van der Waals surface area contributed by atoms with Crippen molar-refractivity contribution in [1.29, 1.82) is 0 Å². The molecule has 0 spiro atoms. The lowest BCUT2D eigenvalue weighted by atomic mass is 10.3. The fourth-order valence-corrected chi connectivity index (χ4v) is 2.23. The number of hydrogen-bond donors (Lipinski definition) is 2. The normalized spacial score (nSPS) is 10.2. The van der Waals surface area contributed by atoms with Gasteiger partial charge in [0.15, 0.2) is 0 Å². The van der Waals surface area contributed by atoms with Gasteiger partial charge in [-0.3, -0.25) is 0 Å². The second-order valence-corrected chi connectivity index (χ2v) is 5.47. The largest absolute Gasteiger partial charge is 0.357 e. The van der Waals surface area contributed by atoms with Crippen LogP contribution in [0.25, 0.3) is 0 Å². The van der Waals surface area contributed by atoms with Gasteiger partial charge in [0.25, 0.3) is 0 Å².